The van der Waals surface area contributed by atoms with Gasteiger partial charge in [0.1, 0.15) is 0 Å². The van der Waals surface area contributed by atoms with Crippen molar-refractivity contribution >= 4 is 6.41 Å². The number of amides is 1. The maximum Gasteiger partial charge on any atom is 0.416 e. The molecule has 1 aromatic rings. The Kier molecular flexibility index (Phi) is 4.32. The topological polar surface area (TPSA) is 40.5 Å². The monoisotopic (exact) mass is 287 g/mol. The fraction of sp³-hybridized carbons (Fsp3) is 0.500. The number of halogens is 3. The number of likely N-dealkylation sites (tertiary alicyclic amines) is 1. The van der Waals surface area contributed by atoms with E-state index >= 15 is 0 Å². The van der Waals surface area contributed by atoms with Crippen molar-refractivity contribution in [2.24, 2.45) is 5.92 Å². The van der Waals surface area contributed by atoms with Crippen molar-refractivity contribution in [1.82, 2.24) is 4.90 Å². The SMILES string of the molecule is O=CN1CC(CO)CC(c2ccc(C(F)(F)F)cc2)C1. The molecule has 3 nitrogen and oxygen atoms in total. The van der Waals surface area contributed by atoms with E-state index in [1.54, 1.807) is 4.90 Å². The van der Waals surface area contributed by atoms with Crippen LogP contribution < -0.4 is 0 Å². The number of benzene rings is 1. The van der Waals surface area contributed by atoms with E-state index in [-0.39, 0.29) is 18.4 Å². The lowest BCUT2D eigenvalue weighted by atomic mass is 9.85. The molecule has 1 aromatic carbocycles. The van der Waals surface area contributed by atoms with E-state index in [0.29, 0.717) is 19.5 Å². The van der Waals surface area contributed by atoms with Crippen LogP contribution in [0.1, 0.15) is 23.5 Å². The van der Waals surface area contributed by atoms with E-state index < -0.39 is 11.7 Å². The fourth-order valence-electron chi connectivity index (χ4n) is 2.64. The third-order valence-electron chi connectivity index (χ3n) is 3.68. The van der Waals surface area contributed by atoms with Crippen molar-refractivity contribution in [1.29, 1.82) is 0 Å². The summed E-state index contributed by atoms with van der Waals surface area (Å²) in [5.74, 6) is -0.0605. The van der Waals surface area contributed by atoms with Crippen LogP contribution in [0.2, 0.25) is 0 Å². The molecule has 0 saturated carbocycles. The normalized spacial score (nSPS) is 23.7. The Bertz CT molecular complexity index is 458. The van der Waals surface area contributed by atoms with E-state index in [0.717, 1.165) is 24.1 Å². The molecule has 0 aliphatic carbocycles. The number of aliphatic hydroxyl groups excluding tert-OH is 1. The van der Waals surface area contributed by atoms with E-state index in [2.05, 4.69) is 0 Å². The van der Waals surface area contributed by atoms with Crippen LogP contribution in [-0.2, 0) is 11.0 Å². The summed E-state index contributed by atoms with van der Waals surface area (Å²) in [6.45, 7) is 0.948. The second kappa shape index (κ2) is 5.83. The summed E-state index contributed by atoms with van der Waals surface area (Å²) in [5, 5.41) is 9.23. The first kappa shape index (κ1) is 14.8. The van der Waals surface area contributed by atoms with Crippen LogP contribution in [-0.4, -0.2) is 36.1 Å². The van der Waals surface area contributed by atoms with Crippen LogP contribution in [0.5, 0.6) is 0 Å². The quantitative estimate of drug-likeness (QED) is 0.866. The van der Waals surface area contributed by atoms with E-state index in [1.807, 2.05) is 0 Å². The smallest absolute Gasteiger partial charge is 0.396 e. The number of carbonyl (C=O) groups is 1. The van der Waals surface area contributed by atoms with Crippen LogP contribution in [0.25, 0.3) is 0 Å². The van der Waals surface area contributed by atoms with Gasteiger partial charge in [-0.05, 0) is 24.1 Å². The Labute approximate surface area is 115 Å². The first-order chi connectivity index (χ1) is 9.44. The zero-order valence-electron chi connectivity index (χ0n) is 10.8. The molecule has 1 N–H and O–H groups in total. The number of aliphatic hydroxyl groups is 1. The molecule has 0 bridgehead atoms. The molecular formula is C14H16F3NO2. The summed E-state index contributed by atoms with van der Waals surface area (Å²) >= 11 is 0. The number of piperidine rings is 1. The maximum absolute atomic E-state index is 12.5. The molecule has 6 heteroatoms. The summed E-state index contributed by atoms with van der Waals surface area (Å²) < 4.78 is 37.5. The van der Waals surface area contributed by atoms with Gasteiger partial charge in [0.05, 0.1) is 5.56 Å². The summed E-state index contributed by atoms with van der Waals surface area (Å²) in [6.07, 6.45) is -2.95. The van der Waals surface area contributed by atoms with E-state index in [1.165, 1.54) is 12.1 Å². The van der Waals surface area contributed by atoms with Crippen molar-refractivity contribution in [2.75, 3.05) is 19.7 Å². The van der Waals surface area contributed by atoms with Crippen LogP contribution >= 0.6 is 0 Å². The lowest BCUT2D eigenvalue weighted by molar-refractivity contribution is -0.137. The molecule has 1 heterocycles. The average molecular weight is 287 g/mol. The first-order valence-electron chi connectivity index (χ1n) is 6.41. The van der Waals surface area contributed by atoms with Crippen LogP contribution in [0.15, 0.2) is 24.3 Å². The Morgan fingerprint density at radius 1 is 1.25 bits per heavy atom. The Balaban J connectivity index is 2.15. The molecule has 1 aliphatic rings. The van der Waals surface area contributed by atoms with Crippen molar-refractivity contribution in [2.45, 2.75) is 18.5 Å². The van der Waals surface area contributed by atoms with Gasteiger partial charge in [-0.25, -0.2) is 0 Å². The minimum absolute atomic E-state index is 0.0263. The van der Waals surface area contributed by atoms with Gasteiger partial charge in [0, 0.05) is 31.5 Å². The van der Waals surface area contributed by atoms with Crippen LogP contribution in [0, 0.1) is 5.92 Å². The highest BCUT2D eigenvalue weighted by atomic mass is 19.4. The second-order valence-electron chi connectivity index (χ2n) is 5.16. The molecule has 0 radical (unpaired) electrons. The molecule has 2 unspecified atom stereocenters. The highest BCUT2D eigenvalue weighted by molar-refractivity contribution is 5.48. The van der Waals surface area contributed by atoms with Gasteiger partial charge in [0.2, 0.25) is 6.41 Å². The highest BCUT2D eigenvalue weighted by Gasteiger charge is 2.31. The molecule has 1 amide bonds. The van der Waals surface area contributed by atoms with Gasteiger partial charge in [-0.1, -0.05) is 12.1 Å². The lowest BCUT2D eigenvalue weighted by Crippen LogP contribution is -2.39. The second-order valence-corrected chi connectivity index (χ2v) is 5.16. The Morgan fingerprint density at radius 3 is 2.40 bits per heavy atom. The van der Waals surface area contributed by atoms with Crippen molar-refractivity contribution in [3.05, 3.63) is 35.4 Å². The number of hydrogen-bond acceptors (Lipinski definition) is 2. The van der Waals surface area contributed by atoms with Gasteiger partial charge in [0.15, 0.2) is 0 Å². The van der Waals surface area contributed by atoms with Gasteiger partial charge in [-0.15, -0.1) is 0 Å². The minimum atomic E-state index is -4.34. The highest BCUT2D eigenvalue weighted by Crippen LogP contribution is 2.33. The molecule has 0 spiro atoms. The van der Waals surface area contributed by atoms with Crippen LogP contribution in [0.3, 0.4) is 0 Å². The number of carbonyl (C=O) groups excluding carboxylic acids is 1. The molecule has 1 aliphatic heterocycles. The van der Waals surface area contributed by atoms with Gasteiger partial charge < -0.3 is 10.0 Å². The Morgan fingerprint density at radius 2 is 1.90 bits per heavy atom. The summed E-state index contributed by atoms with van der Waals surface area (Å²) in [6, 6.07) is 5.03. The van der Waals surface area contributed by atoms with Gasteiger partial charge in [-0.3, -0.25) is 4.79 Å². The van der Waals surface area contributed by atoms with Gasteiger partial charge in [0.25, 0.3) is 0 Å². The number of nitrogens with zero attached hydrogens (tertiary/aromatic N) is 1. The minimum Gasteiger partial charge on any atom is -0.396 e. The molecular weight excluding hydrogens is 271 g/mol. The van der Waals surface area contributed by atoms with Crippen LogP contribution in [0.4, 0.5) is 13.2 Å². The number of hydrogen-bond donors (Lipinski definition) is 1. The predicted octanol–water partition coefficient (Wildman–Crippen LogP) is 2.26. The largest absolute Gasteiger partial charge is 0.416 e. The van der Waals surface area contributed by atoms with Gasteiger partial charge >= 0.3 is 6.18 Å². The third-order valence-corrected chi connectivity index (χ3v) is 3.68. The molecule has 20 heavy (non-hydrogen) atoms. The number of alkyl halides is 3. The van der Waals surface area contributed by atoms with Crippen molar-refractivity contribution < 1.29 is 23.1 Å². The number of rotatable bonds is 3. The zero-order valence-corrected chi connectivity index (χ0v) is 10.8. The maximum atomic E-state index is 12.5. The fourth-order valence-corrected chi connectivity index (χ4v) is 2.64. The van der Waals surface area contributed by atoms with E-state index in [9.17, 15) is 23.1 Å². The molecule has 2 atom stereocenters. The van der Waals surface area contributed by atoms with E-state index in [4.69, 9.17) is 0 Å². The molecule has 110 valence electrons. The average Bonchev–Trinajstić information content (AvgIpc) is 2.46. The third kappa shape index (κ3) is 3.30. The van der Waals surface area contributed by atoms with Crippen molar-refractivity contribution in [3.63, 3.8) is 0 Å². The molecule has 0 aromatic heterocycles. The first-order valence-corrected chi connectivity index (χ1v) is 6.41. The van der Waals surface area contributed by atoms with Gasteiger partial charge in [-0.2, -0.15) is 13.2 Å². The lowest BCUT2D eigenvalue weighted by Gasteiger charge is -2.35. The zero-order chi connectivity index (χ0) is 14.8. The summed E-state index contributed by atoms with van der Waals surface area (Å²) in [5.41, 5.74) is 0.0889. The summed E-state index contributed by atoms with van der Waals surface area (Å²) in [4.78, 5) is 12.4. The van der Waals surface area contributed by atoms with Crippen molar-refractivity contribution in [3.8, 4) is 0 Å². The summed E-state index contributed by atoms with van der Waals surface area (Å²) in [7, 11) is 0. The predicted molar refractivity (Wildman–Crippen MR) is 67.0 cm³/mol. The Hall–Kier alpha value is -1.56. The molecule has 2 rings (SSSR count). The standard InChI is InChI=1S/C14H16F3NO2/c15-14(16,17)13-3-1-11(2-4-13)12-5-10(8-19)6-18(7-12)9-20/h1-4,9-10,12,19H,5-8H2. The molecule has 1 saturated heterocycles. The molecule has 1 fully saturated rings.